The molecule has 0 saturated heterocycles. The molecule has 1 amide bonds. The van der Waals surface area contributed by atoms with Gasteiger partial charge in [-0.2, -0.15) is 0 Å². The van der Waals surface area contributed by atoms with Crippen LogP contribution in [0.2, 0.25) is 0 Å². The molecule has 0 rings (SSSR count). The van der Waals surface area contributed by atoms with Gasteiger partial charge in [0.2, 0.25) is 0 Å². The molecule has 0 aromatic rings. The van der Waals surface area contributed by atoms with Crippen molar-refractivity contribution in [3.05, 3.63) is 0 Å². The molecule has 25 heavy (non-hydrogen) atoms. The minimum Gasteiger partial charge on any atom is -0.444 e. The number of hydrogen-bond donors (Lipinski definition) is 3. The molecule has 0 aromatic heterocycles. The molecular weight excluding hydrogens is 433 g/mol. The highest BCUT2D eigenvalue weighted by Gasteiger charge is 2.16. The molecule has 1 unspecified atom stereocenters. The Balaban J connectivity index is 0. The van der Waals surface area contributed by atoms with Crippen molar-refractivity contribution in [3.63, 3.8) is 0 Å². The number of rotatable bonds is 8. The molecule has 7 nitrogen and oxygen atoms in total. The van der Waals surface area contributed by atoms with Crippen LogP contribution in [-0.2, 0) is 4.74 Å². The van der Waals surface area contributed by atoms with Crippen LogP contribution in [0.15, 0.2) is 4.99 Å². The maximum absolute atomic E-state index is 11.6. The van der Waals surface area contributed by atoms with E-state index in [9.17, 15) is 4.79 Å². The van der Waals surface area contributed by atoms with Gasteiger partial charge < -0.3 is 25.6 Å². The van der Waals surface area contributed by atoms with E-state index >= 15 is 0 Å². The van der Waals surface area contributed by atoms with Crippen LogP contribution in [0.3, 0.4) is 0 Å². The van der Waals surface area contributed by atoms with Crippen molar-refractivity contribution in [1.29, 1.82) is 0 Å². The molecule has 0 bridgehead atoms. The molecule has 0 aliphatic carbocycles. The number of carbonyl (C=O) groups is 1. The van der Waals surface area contributed by atoms with E-state index in [1.807, 2.05) is 20.8 Å². The second-order valence-corrected chi connectivity index (χ2v) is 7.56. The third kappa shape index (κ3) is 15.2. The molecule has 8 heteroatoms. The van der Waals surface area contributed by atoms with Crippen LogP contribution in [0, 0.1) is 5.92 Å². The zero-order chi connectivity index (χ0) is 18.8. The third-order valence-electron chi connectivity index (χ3n) is 3.29. The van der Waals surface area contributed by atoms with Crippen molar-refractivity contribution in [3.8, 4) is 0 Å². The first-order valence-corrected chi connectivity index (χ1v) is 8.63. The third-order valence-corrected chi connectivity index (χ3v) is 3.29. The number of nitrogens with zero attached hydrogens (tertiary/aromatic N) is 2. The SMILES string of the molecule is CN=C(NCCNC(=O)OC(C)(C)C)NCC(CC(C)C)N(C)C.I. The number of amides is 1. The van der Waals surface area contributed by atoms with Gasteiger partial charge in [0.25, 0.3) is 0 Å². The van der Waals surface area contributed by atoms with Crippen LogP contribution in [0.1, 0.15) is 41.0 Å². The molecule has 150 valence electrons. The van der Waals surface area contributed by atoms with Gasteiger partial charge in [-0.15, -0.1) is 24.0 Å². The summed E-state index contributed by atoms with van der Waals surface area (Å²) in [6.07, 6.45) is 0.717. The van der Waals surface area contributed by atoms with Gasteiger partial charge in [-0.3, -0.25) is 4.99 Å². The van der Waals surface area contributed by atoms with E-state index in [2.05, 4.69) is 53.8 Å². The van der Waals surface area contributed by atoms with Crippen LogP contribution in [0.5, 0.6) is 0 Å². The number of likely N-dealkylation sites (N-methyl/N-ethyl adjacent to an activating group) is 1. The molecule has 0 heterocycles. The quantitative estimate of drug-likeness (QED) is 0.219. The normalized spacial score (nSPS) is 13.3. The second-order valence-electron chi connectivity index (χ2n) is 7.56. The average Bonchev–Trinajstić information content (AvgIpc) is 2.42. The Labute approximate surface area is 170 Å². The predicted octanol–water partition coefficient (Wildman–Crippen LogP) is 2.27. The van der Waals surface area contributed by atoms with Crippen molar-refractivity contribution in [2.45, 2.75) is 52.7 Å². The van der Waals surface area contributed by atoms with Crippen LogP contribution in [0.4, 0.5) is 4.79 Å². The lowest BCUT2D eigenvalue weighted by Crippen LogP contribution is -2.47. The maximum atomic E-state index is 11.6. The number of carbonyl (C=O) groups excluding carboxylic acids is 1. The van der Waals surface area contributed by atoms with E-state index in [0.29, 0.717) is 25.0 Å². The first-order valence-electron chi connectivity index (χ1n) is 8.63. The number of halogens is 1. The fraction of sp³-hybridized carbons (Fsp3) is 0.882. The molecule has 0 aliphatic rings. The summed E-state index contributed by atoms with van der Waals surface area (Å²) in [5, 5.41) is 9.23. The Bertz CT molecular complexity index is 395. The van der Waals surface area contributed by atoms with Gasteiger partial charge >= 0.3 is 6.09 Å². The van der Waals surface area contributed by atoms with Crippen molar-refractivity contribution in [1.82, 2.24) is 20.9 Å². The Morgan fingerprint density at radius 3 is 2.12 bits per heavy atom. The second kappa shape index (κ2) is 13.4. The monoisotopic (exact) mass is 471 g/mol. The summed E-state index contributed by atoms with van der Waals surface area (Å²) in [6.45, 7) is 11.9. The van der Waals surface area contributed by atoms with Gasteiger partial charge in [0.05, 0.1) is 0 Å². The topological polar surface area (TPSA) is 78.0 Å². The van der Waals surface area contributed by atoms with Crippen LogP contribution >= 0.6 is 24.0 Å². The molecule has 1 atom stereocenters. The number of hydrogen-bond acceptors (Lipinski definition) is 4. The standard InChI is InChI=1S/C17H37N5O2.HI/c1-13(2)11-14(22(7)8)12-21-15(18-6)19-9-10-20-16(23)24-17(3,4)5;/h13-14H,9-12H2,1-8H3,(H,20,23)(H2,18,19,21);1H. The molecule has 0 aliphatic heterocycles. The molecule has 0 spiro atoms. The number of ether oxygens (including phenoxy) is 1. The fourth-order valence-electron chi connectivity index (χ4n) is 2.12. The lowest BCUT2D eigenvalue weighted by atomic mass is 10.0. The number of guanidine groups is 1. The molecule has 0 fully saturated rings. The van der Waals surface area contributed by atoms with E-state index in [1.54, 1.807) is 7.05 Å². The Hall–Kier alpha value is -0.770. The summed E-state index contributed by atoms with van der Waals surface area (Å²) < 4.78 is 5.18. The average molecular weight is 471 g/mol. The Morgan fingerprint density at radius 1 is 1.12 bits per heavy atom. The largest absolute Gasteiger partial charge is 0.444 e. The molecule has 0 aromatic carbocycles. The van der Waals surface area contributed by atoms with E-state index < -0.39 is 11.7 Å². The zero-order valence-corrected chi connectivity index (χ0v) is 19.4. The van der Waals surface area contributed by atoms with Gasteiger partial charge in [0.1, 0.15) is 5.60 Å². The molecule has 3 N–H and O–H groups in total. The van der Waals surface area contributed by atoms with Crippen molar-refractivity contribution >= 4 is 36.0 Å². The summed E-state index contributed by atoms with van der Waals surface area (Å²) >= 11 is 0. The summed E-state index contributed by atoms with van der Waals surface area (Å²) in [5.74, 6) is 1.38. The van der Waals surface area contributed by atoms with Crippen molar-refractivity contribution in [2.75, 3.05) is 40.8 Å². The van der Waals surface area contributed by atoms with Crippen molar-refractivity contribution < 1.29 is 9.53 Å². The molecular formula is C17H38IN5O2. The summed E-state index contributed by atoms with van der Waals surface area (Å²) in [6, 6.07) is 0.448. The minimum absolute atomic E-state index is 0. The lowest BCUT2D eigenvalue weighted by molar-refractivity contribution is 0.0529. The van der Waals surface area contributed by atoms with Gasteiger partial charge in [-0.1, -0.05) is 13.8 Å². The summed E-state index contributed by atoms with van der Waals surface area (Å²) in [7, 11) is 5.93. The Kier molecular flexibility index (Phi) is 14.2. The highest BCUT2D eigenvalue weighted by atomic mass is 127. The smallest absolute Gasteiger partial charge is 0.407 e. The summed E-state index contributed by atoms with van der Waals surface area (Å²) in [4.78, 5) is 18.0. The van der Waals surface area contributed by atoms with Crippen molar-refractivity contribution in [2.24, 2.45) is 10.9 Å². The number of alkyl carbamates (subject to hydrolysis) is 1. The van der Waals surface area contributed by atoms with E-state index in [-0.39, 0.29) is 24.0 Å². The van der Waals surface area contributed by atoms with Crippen LogP contribution in [0.25, 0.3) is 0 Å². The van der Waals surface area contributed by atoms with Gasteiger partial charge in [-0.25, -0.2) is 4.79 Å². The highest BCUT2D eigenvalue weighted by Crippen LogP contribution is 2.08. The predicted molar refractivity (Wildman–Crippen MR) is 116 cm³/mol. The van der Waals surface area contributed by atoms with Gasteiger partial charge in [0.15, 0.2) is 5.96 Å². The fourth-order valence-corrected chi connectivity index (χ4v) is 2.12. The first kappa shape index (κ1) is 26.5. The van der Waals surface area contributed by atoms with E-state index in [1.165, 1.54) is 0 Å². The Morgan fingerprint density at radius 2 is 1.68 bits per heavy atom. The lowest BCUT2D eigenvalue weighted by Gasteiger charge is -2.27. The zero-order valence-electron chi connectivity index (χ0n) is 17.1. The summed E-state index contributed by atoms with van der Waals surface area (Å²) in [5.41, 5.74) is -0.479. The van der Waals surface area contributed by atoms with E-state index in [4.69, 9.17) is 4.74 Å². The minimum atomic E-state index is -0.479. The van der Waals surface area contributed by atoms with Gasteiger partial charge in [-0.05, 0) is 47.2 Å². The van der Waals surface area contributed by atoms with Crippen LogP contribution in [-0.4, -0.2) is 69.4 Å². The highest BCUT2D eigenvalue weighted by molar-refractivity contribution is 14.0. The molecule has 0 radical (unpaired) electrons. The van der Waals surface area contributed by atoms with E-state index in [0.717, 1.165) is 18.9 Å². The maximum Gasteiger partial charge on any atom is 0.407 e. The number of nitrogens with one attached hydrogen (secondary N) is 3. The van der Waals surface area contributed by atoms with Gasteiger partial charge in [0, 0.05) is 32.7 Å². The van der Waals surface area contributed by atoms with Crippen LogP contribution < -0.4 is 16.0 Å². The molecule has 0 saturated carbocycles. The first-order chi connectivity index (χ1) is 11.0. The number of aliphatic imine (C=N–C) groups is 1.